The van der Waals surface area contributed by atoms with Crippen molar-refractivity contribution >= 4 is 233 Å². The highest BCUT2D eigenvalue weighted by Gasteiger charge is 2.26. The second-order valence-corrected chi connectivity index (χ2v) is 51.5. The van der Waals surface area contributed by atoms with E-state index >= 15 is 0 Å². The fraction of sp³-hybridized carbons (Fsp3) is 0.308. The van der Waals surface area contributed by atoms with Gasteiger partial charge in [0.25, 0.3) is 0 Å². The molecule has 0 fully saturated rings. The second kappa shape index (κ2) is 57.2. The summed E-state index contributed by atoms with van der Waals surface area (Å²) >= 11 is 9.28. The van der Waals surface area contributed by atoms with Gasteiger partial charge >= 0.3 is 0 Å². The van der Waals surface area contributed by atoms with Crippen molar-refractivity contribution in [2.45, 2.75) is 113 Å². The number of unbranched alkanes of at least 4 members (excludes halogenated alkanes) is 1. The van der Waals surface area contributed by atoms with Crippen molar-refractivity contribution in [3.63, 3.8) is 0 Å². The molecule has 15 N–H and O–H groups in total. The third-order valence-corrected chi connectivity index (χ3v) is 32.7. The lowest BCUT2D eigenvalue weighted by atomic mass is 10.2. The summed E-state index contributed by atoms with van der Waals surface area (Å²) in [7, 11) is 18.9. The van der Waals surface area contributed by atoms with Gasteiger partial charge in [-0.2, -0.15) is 0 Å². The van der Waals surface area contributed by atoms with Gasteiger partial charge in [-0.1, -0.05) is 129 Å². The first kappa shape index (κ1) is 125. The molecule has 5 heterocycles. The van der Waals surface area contributed by atoms with Crippen molar-refractivity contribution in [1.29, 1.82) is 0 Å². The molecule has 0 saturated carbocycles. The average Bonchev–Trinajstić information content (AvgIpc) is 0.801. The number of fused-ring (bicyclic) bond motifs is 10. The second-order valence-electron chi connectivity index (χ2n) is 36.8. The number of benzene rings is 12. The molecule has 0 amide bonds. The van der Waals surface area contributed by atoms with Crippen LogP contribution in [-0.2, 0) is 60.7 Å². The summed E-state index contributed by atoms with van der Waals surface area (Å²) < 4.78 is 177. The number of hydrogen-bond acceptors (Lipinski definition) is 28. The molecule has 0 aliphatic carbocycles. The van der Waals surface area contributed by atoms with Crippen LogP contribution in [-0.4, -0.2) is 242 Å². The Labute approximate surface area is 898 Å². The van der Waals surface area contributed by atoms with Gasteiger partial charge in [-0.05, 0) is 105 Å². The Balaban J connectivity index is 0.000000226. The van der Waals surface area contributed by atoms with Crippen LogP contribution in [0.15, 0.2) is 295 Å². The average molecular weight is 2240 g/mol. The standard InChI is InChI=1S/5C16H19N3S.C7H8O3S.C6H6O3S.C4H10O3S.C3H8O3S.2C2H6O3S/c5*1-18(2)11-5-7-13-15(9-11)20-16-10-12(19(3)4)6-8-14(16)17-13;1-6-2-4-7(5-3-6)11(8,9)10;7-10(8,9)6-4-2-1-3-5-6;1-2-3-4-8(5,6)7;1-2-3-7(4,5)6;2*1-2-6(3,4)5/h5*5-10,17H,1-4H3;2-5H,1H3,(H,8,9,10);1-5H,(H,7,8,9);2-4H2,1H3,(H,5,6,7);2-3H2,1H3,(H,4,5,6);2*2H2,1H3,(H,3,4,5)/p+4. The molecule has 0 radical (unpaired) electrons. The minimum Gasteiger partial charge on any atom is -0.748 e. The predicted octanol–water partition coefficient (Wildman–Crippen LogP) is 8.10. The van der Waals surface area contributed by atoms with Gasteiger partial charge in [0.1, 0.15) is 77.1 Å². The molecular weight excluding hydrogens is 2100 g/mol. The van der Waals surface area contributed by atoms with E-state index in [9.17, 15) is 77.8 Å². The Morgan fingerprint density at radius 3 is 0.486 bits per heavy atom. The molecule has 12 aromatic carbocycles. The summed E-state index contributed by atoms with van der Waals surface area (Å²) in [5.74, 6) is -1.09. The first-order valence-electron chi connectivity index (χ1n) is 47.5. The van der Waals surface area contributed by atoms with E-state index in [1.165, 1.54) is 262 Å². The molecule has 17 rings (SSSR count). The number of anilines is 10. The van der Waals surface area contributed by atoms with Crippen molar-refractivity contribution in [2.75, 3.05) is 191 Å². The van der Waals surface area contributed by atoms with Gasteiger partial charge in [-0.15, -0.1) is 0 Å². The van der Waals surface area contributed by atoms with E-state index < -0.39 is 60.7 Å². The minimum absolute atomic E-state index is 0.178. The van der Waals surface area contributed by atoms with Crippen LogP contribution >= 0.6 is 58.8 Å². The summed E-state index contributed by atoms with van der Waals surface area (Å²) in [5.41, 5.74) is 26.1. The number of hydrogen-bond donors (Lipinski definition) is 15. The van der Waals surface area contributed by atoms with E-state index in [1.54, 1.807) is 25.1 Å². The summed E-state index contributed by atoms with van der Waals surface area (Å²) in [5, 5.41) is 17.7. The number of nitrogens with one attached hydrogen (secondary N) is 15. The first-order chi connectivity index (χ1) is 69.1. The van der Waals surface area contributed by atoms with E-state index in [2.05, 4.69) is 350 Å². The molecule has 0 saturated heterocycles. The van der Waals surface area contributed by atoms with Crippen LogP contribution in [0.25, 0.3) is 0 Å². The molecule has 804 valence electrons. The van der Waals surface area contributed by atoms with Gasteiger partial charge in [-0.3, -0.25) is 0 Å². The topological polar surface area (TPSA) is 448 Å². The van der Waals surface area contributed by atoms with Gasteiger partial charge in [0, 0.05) is 193 Å². The monoisotopic (exact) mass is 2240 g/mol. The number of aryl methyl sites for hydroxylation is 1. The van der Waals surface area contributed by atoms with E-state index in [-0.39, 0.29) is 32.8 Å². The Morgan fingerprint density at radius 2 is 0.378 bits per heavy atom. The third-order valence-electron chi connectivity index (χ3n) is 22.3. The quantitative estimate of drug-likeness (QED) is 0.0340. The van der Waals surface area contributed by atoms with Crippen LogP contribution in [0.3, 0.4) is 0 Å². The molecule has 33 nitrogen and oxygen atoms in total. The Kier molecular flexibility index (Phi) is 48.5. The molecule has 0 atom stereocenters. The van der Waals surface area contributed by atoms with Gasteiger partial charge in [0.2, 0.25) is 0 Å². The van der Waals surface area contributed by atoms with Crippen molar-refractivity contribution in [1.82, 2.24) is 0 Å². The normalized spacial score (nSPS) is 12.6. The van der Waals surface area contributed by atoms with Crippen molar-refractivity contribution in [2.24, 2.45) is 0 Å². The maximum atomic E-state index is 10.4. The summed E-state index contributed by atoms with van der Waals surface area (Å²) in [6, 6.07) is 79.4. The summed E-state index contributed by atoms with van der Waals surface area (Å²) in [4.78, 5) is 26.2. The van der Waals surface area contributed by atoms with Gasteiger partial charge < -0.3 is 103 Å². The van der Waals surface area contributed by atoms with Crippen LogP contribution in [0.1, 0.15) is 52.5 Å². The maximum absolute atomic E-state index is 10.4. The highest BCUT2D eigenvalue weighted by atomic mass is 32.2. The molecular formula is C104H143N15O18S11+4. The van der Waals surface area contributed by atoms with Crippen molar-refractivity contribution in [3.05, 3.63) is 242 Å². The molecule has 5 aliphatic heterocycles. The fourth-order valence-electron chi connectivity index (χ4n) is 13.4. The van der Waals surface area contributed by atoms with Crippen LogP contribution in [0.5, 0.6) is 0 Å². The predicted molar refractivity (Wildman–Crippen MR) is 595 cm³/mol. The van der Waals surface area contributed by atoms with E-state index in [0.29, 0.717) is 12.8 Å². The van der Waals surface area contributed by atoms with E-state index in [1.807, 2.05) is 72.7 Å². The summed E-state index contributed by atoms with van der Waals surface area (Å²) in [6.45, 7) is 7.92. The van der Waals surface area contributed by atoms with Gasteiger partial charge in [0.15, 0.2) is 0 Å². The van der Waals surface area contributed by atoms with E-state index in [0.717, 1.165) is 12.0 Å². The summed E-state index contributed by atoms with van der Waals surface area (Å²) in [6.07, 6.45) is 1.64. The lowest BCUT2D eigenvalue weighted by Gasteiger charge is -2.22. The maximum Gasteiger partial charge on any atom is 0.132 e. The van der Waals surface area contributed by atoms with Crippen LogP contribution in [0.4, 0.5) is 114 Å². The molecule has 12 aromatic rings. The lowest BCUT2D eigenvalue weighted by molar-refractivity contribution is -0.786. The highest BCUT2D eigenvalue weighted by Crippen LogP contribution is 2.50. The third kappa shape index (κ3) is 41.6. The van der Waals surface area contributed by atoms with Gasteiger partial charge in [0.05, 0.1) is 248 Å². The Hall–Kier alpha value is -9.55. The largest absolute Gasteiger partial charge is 0.748 e. The molecule has 44 heteroatoms. The van der Waals surface area contributed by atoms with Crippen LogP contribution in [0.2, 0.25) is 0 Å². The fourth-order valence-corrected chi connectivity index (χ4v) is 20.8. The molecule has 148 heavy (non-hydrogen) atoms. The molecule has 0 unspecified atom stereocenters. The zero-order valence-electron chi connectivity index (χ0n) is 88.3. The Bertz CT molecular complexity index is 6230. The molecule has 0 bridgehead atoms. The van der Waals surface area contributed by atoms with E-state index in [4.69, 9.17) is 0 Å². The zero-order valence-corrected chi connectivity index (χ0v) is 97.3. The first-order valence-corrected chi connectivity index (χ1v) is 60.8. The molecule has 0 spiro atoms. The van der Waals surface area contributed by atoms with Crippen LogP contribution in [0, 0.1) is 6.92 Å². The zero-order chi connectivity index (χ0) is 110. The molecule has 0 aromatic heterocycles. The Morgan fingerprint density at radius 1 is 0.216 bits per heavy atom. The number of rotatable bonds is 19. The van der Waals surface area contributed by atoms with Crippen LogP contribution < -0.4 is 75.6 Å². The van der Waals surface area contributed by atoms with Crippen molar-refractivity contribution in [3.8, 4) is 0 Å². The van der Waals surface area contributed by atoms with Crippen molar-refractivity contribution < 1.29 is 127 Å². The SMILES string of the molecule is CCCCS(=O)(=O)[O-].CCCS(=O)(=O)[O-].CCS(=O)(=O)[O-].CCS(=O)(=O)[O-].C[NH+](C)c1ccc2c(c1)Sc1cc([NH+](C)C)ccc1N2.C[NH+](C)c1ccc2c(c1)Sc1cc([NH+](C)C)ccc1N2.C[NH+](C)c1ccc2c(c1)Sc1cc([NH+](C)C)ccc1N2.C[NH+](C)c1ccc2c(c1)Sc1cc([NH+](C)C)ccc1N2.C[NH+](C)c1ccc2c(c1)Sc1cc([NH+](C)C)ccc1N2.Cc1ccc(S(=O)(=O)[O-])cc1.O=S(=O)([O-])c1ccccc1. The highest BCUT2D eigenvalue weighted by molar-refractivity contribution is 8.01. The number of quaternary nitrogens is 10. The minimum atomic E-state index is -4.27. The molecule has 5 aliphatic rings. The lowest BCUT2D eigenvalue weighted by Crippen LogP contribution is -3.00. The van der Waals surface area contributed by atoms with Gasteiger partial charge in [-0.25, -0.2) is 50.5 Å². The smallest absolute Gasteiger partial charge is 0.132 e.